The molecular weight excluding hydrogens is 552 g/mol. The summed E-state index contributed by atoms with van der Waals surface area (Å²) in [4.78, 5) is 11.8. The average Bonchev–Trinajstić information content (AvgIpc) is 3.01. The van der Waals surface area contributed by atoms with Gasteiger partial charge in [-0.3, -0.25) is 4.79 Å². The van der Waals surface area contributed by atoms with E-state index in [1.165, 1.54) is 116 Å². The second kappa shape index (κ2) is 27.5. The monoisotopic (exact) mass is 618 g/mol. The molecule has 0 amide bonds. The largest absolute Gasteiger partial charge is 0.457 e. The maximum Gasteiger partial charge on any atom is 0.305 e. The molecule has 0 radical (unpaired) electrons. The molecule has 1 saturated heterocycles. The summed E-state index contributed by atoms with van der Waals surface area (Å²) in [5.41, 5.74) is 0. The van der Waals surface area contributed by atoms with E-state index in [2.05, 4.69) is 6.92 Å². The first-order valence-electron chi connectivity index (χ1n) is 17.6. The Morgan fingerprint density at radius 2 is 1.12 bits per heavy atom. The maximum atomic E-state index is 11.8. The molecule has 1 heterocycles. The Hall–Kier alpha value is -0.810. The third kappa shape index (κ3) is 20.0. The average molecular weight is 619 g/mol. The third-order valence-electron chi connectivity index (χ3n) is 8.33. The van der Waals surface area contributed by atoms with E-state index in [1.54, 1.807) is 6.92 Å². The van der Waals surface area contributed by atoms with E-state index in [9.17, 15) is 25.2 Å². The van der Waals surface area contributed by atoms with Crippen molar-refractivity contribution >= 4 is 5.97 Å². The van der Waals surface area contributed by atoms with Crippen molar-refractivity contribution in [3.63, 3.8) is 0 Å². The molecular formula is C34H66O9. The highest BCUT2D eigenvalue weighted by atomic mass is 16.7. The number of carbonyl (C=O) groups is 1. The Bertz CT molecular complexity index is 633. The Kier molecular flexibility index (Phi) is 25.7. The lowest BCUT2D eigenvalue weighted by Gasteiger charge is -2.39. The summed E-state index contributed by atoms with van der Waals surface area (Å²) < 4.78 is 22.0. The summed E-state index contributed by atoms with van der Waals surface area (Å²) in [5.74, 6) is -0.398. The first-order valence-corrected chi connectivity index (χ1v) is 17.6. The fraction of sp³-hybridized carbons (Fsp3) is 0.971. The van der Waals surface area contributed by atoms with Gasteiger partial charge in [0.05, 0.1) is 19.8 Å². The maximum absolute atomic E-state index is 11.8. The second-order valence-electron chi connectivity index (χ2n) is 12.3. The van der Waals surface area contributed by atoms with Crippen LogP contribution in [0.15, 0.2) is 0 Å². The second-order valence-corrected chi connectivity index (χ2v) is 12.3. The first-order chi connectivity index (χ1) is 20.9. The van der Waals surface area contributed by atoms with Crippen molar-refractivity contribution in [2.24, 2.45) is 0 Å². The predicted octanol–water partition coefficient (Wildman–Crippen LogP) is 5.96. The zero-order chi connectivity index (χ0) is 31.5. The number of ether oxygens (including phenoxy) is 4. The molecule has 6 unspecified atom stereocenters. The lowest BCUT2D eigenvalue weighted by Crippen LogP contribution is -2.59. The van der Waals surface area contributed by atoms with Crippen molar-refractivity contribution < 1.29 is 44.2 Å². The summed E-state index contributed by atoms with van der Waals surface area (Å²) in [6, 6.07) is 0. The van der Waals surface area contributed by atoms with E-state index in [-0.39, 0.29) is 19.6 Å². The standard InChI is InChI=1S/C34H66O9/c1-3-5-6-7-8-9-10-11-12-13-14-15-16-17-18-19-20-21-22-23-24-40-26-28(42-30(36)4-2)27-41-34-33(39)32(38)31(37)29(25-35)43-34/h28-29,31-35,37-39H,3-27H2,1-2H3. The molecule has 4 N–H and O–H groups in total. The van der Waals surface area contributed by atoms with E-state index in [4.69, 9.17) is 18.9 Å². The molecule has 6 atom stereocenters. The third-order valence-corrected chi connectivity index (χ3v) is 8.33. The van der Waals surface area contributed by atoms with Gasteiger partial charge >= 0.3 is 5.97 Å². The Morgan fingerprint density at radius 1 is 0.651 bits per heavy atom. The number of aliphatic hydroxyl groups excluding tert-OH is 4. The highest BCUT2D eigenvalue weighted by Gasteiger charge is 2.44. The summed E-state index contributed by atoms with van der Waals surface area (Å²) in [6.07, 6.45) is 19.4. The Balaban J connectivity index is 2.00. The van der Waals surface area contributed by atoms with Gasteiger partial charge in [-0.15, -0.1) is 0 Å². The molecule has 1 aliphatic rings. The summed E-state index contributed by atoms with van der Waals surface area (Å²) >= 11 is 0. The van der Waals surface area contributed by atoms with Crippen molar-refractivity contribution in [2.45, 2.75) is 185 Å². The van der Waals surface area contributed by atoms with E-state index < -0.39 is 49.4 Å². The molecule has 1 aliphatic heterocycles. The fourth-order valence-electron chi connectivity index (χ4n) is 5.47. The molecule has 1 fully saturated rings. The van der Waals surface area contributed by atoms with Gasteiger partial charge in [-0.05, 0) is 6.42 Å². The van der Waals surface area contributed by atoms with E-state index in [0.29, 0.717) is 6.61 Å². The summed E-state index contributed by atoms with van der Waals surface area (Å²) in [5, 5.41) is 39.3. The molecule has 0 bridgehead atoms. The van der Waals surface area contributed by atoms with Gasteiger partial charge in [0.2, 0.25) is 0 Å². The minimum Gasteiger partial charge on any atom is -0.457 e. The van der Waals surface area contributed by atoms with Crippen LogP contribution in [0.1, 0.15) is 149 Å². The number of rotatable bonds is 29. The molecule has 9 heteroatoms. The van der Waals surface area contributed by atoms with Gasteiger partial charge in [0.25, 0.3) is 0 Å². The highest BCUT2D eigenvalue weighted by molar-refractivity contribution is 5.69. The van der Waals surface area contributed by atoms with E-state index >= 15 is 0 Å². The number of carbonyl (C=O) groups excluding carboxylic acids is 1. The number of unbranched alkanes of at least 4 members (excludes halogenated alkanes) is 19. The van der Waals surface area contributed by atoms with Crippen molar-refractivity contribution in [3.8, 4) is 0 Å². The first kappa shape index (κ1) is 40.2. The van der Waals surface area contributed by atoms with Crippen LogP contribution < -0.4 is 0 Å². The number of hydrogen-bond donors (Lipinski definition) is 4. The van der Waals surface area contributed by atoms with Gasteiger partial charge in [0.1, 0.15) is 30.5 Å². The van der Waals surface area contributed by atoms with E-state index in [1.807, 2.05) is 0 Å². The molecule has 9 nitrogen and oxygen atoms in total. The van der Waals surface area contributed by atoms with Crippen molar-refractivity contribution in [2.75, 3.05) is 26.4 Å². The number of hydrogen-bond acceptors (Lipinski definition) is 9. The van der Waals surface area contributed by atoms with Crippen molar-refractivity contribution in [1.29, 1.82) is 0 Å². The zero-order valence-corrected chi connectivity index (χ0v) is 27.5. The van der Waals surface area contributed by atoms with Crippen LogP contribution in [0.5, 0.6) is 0 Å². The van der Waals surface area contributed by atoms with Crippen LogP contribution in [-0.2, 0) is 23.7 Å². The van der Waals surface area contributed by atoms with E-state index in [0.717, 1.165) is 12.8 Å². The molecule has 0 saturated carbocycles. The lowest BCUT2D eigenvalue weighted by molar-refractivity contribution is -0.305. The van der Waals surface area contributed by atoms with Crippen molar-refractivity contribution in [1.82, 2.24) is 0 Å². The van der Waals surface area contributed by atoms with Crippen LogP contribution in [0, 0.1) is 0 Å². The molecule has 1 rings (SSSR count). The lowest BCUT2D eigenvalue weighted by atomic mass is 9.99. The fourth-order valence-corrected chi connectivity index (χ4v) is 5.47. The molecule has 43 heavy (non-hydrogen) atoms. The topological polar surface area (TPSA) is 135 Å². The van der Waals surface area contributed by atoms with Gasteiger partial charge in [-0.25, -0.2) is 0 Å². The van der Waals surface area contributed by atoms with Gasteiger partial charge in [-0.1, -0.05) is 136 Å². The quantitative estimate of drug-likeness (QED) is 0.0591. The molecule has 0 aromatic heterocycles. The zero-order valence-electron chi connectivity index (χ0n) is 27.5. The Labute approximate surface area is 262 Å². The number of esters is 1. The molecule has 0 aromatic carbocycles. The van der Waals surface area contributed by atoms with Crippen LogP contribution in [0.3, 0.4) is 0 Å². The van der Waals surface area contributed by atoms with Crippen molar-refractivity contribution in [3.05, 3.63) is 0 Å². The SMILES string of the molecule is CCCCCCCCCCCCCCCCCCCCCCOCC(COC1OC(CO)C(O)C(O)C1O)OC(=O)CC. The van der Waals surface area contributed by atoms with Crippen LogP contribution in [0.25, 0.3) is 0 Å². The van der Waals surface area contributed by atoms with Crippen LogP contribution in [0.4, 0.5) is 0 Å². The summed E-state index contributed by atoms with van der Waals surface area (Å²) in [7, 11) is 0. The highest BCUT2D eigenvalue weighted by Crippen LogP contribution is 2.22. The minimum atomic E-state index is -1.52. The van der Waals surface area contributed by atoms with Gasteiger partial charge in [0, 0.05) is 13.0 Å². The Morgan fingerprint density at radius 3 is 1.56 bits per heavy atom. The van der Waals surface area contributed by atoms with Crippen LogP contribution >= 0.6 is 0 Å². The molecule has 0 aromatic rings. The smallest absolute Gasteiger partial charge is 0.305 e. The van der Waals surface area contributed by atoms with Crippen LogP contribution in [-0.4, -0.2) is 89.6 Å². The van der Waals surface area contributed by atoms with Gasteiger partial charge < -0.3 is 39.4 Å². The summed E-state index contributed by atoms with van der Waals surface area (Å²) in [6.45, 7) is 4.01. The number of aliphatic hydroxyl groups is 4. The minimum absolute atomic E-state index is 0.117. The normalized spacial score (nSPS) is 23.0. The van der Waals surface area contributed by atoms with Gasteiger partial charge in [0.15, 0.2) is 6.29 Å². The van der Waals surface area contributed by atoms with Gasteiger partial charge in [-0.2, -0.15) is 0 Å². The molecule has 256 valence electrons. The molecule has 0 aliphatic carbocycles. The predicted molar refractivity (Wildman–Crippen MR) is 169 cm³/mol. The molecule has 0 spiro atoms. The van der Waals surface area contributed by atoms with Crippen LogP contribution in [0.2, 0.25) is 0 Å².